The zero-order chi connectivity index (χ0) is 13.4. The first-order valence-corrected chi connectivity index (χ1v) is 5.14. The molecule has 2 rings (SSSR count). The van der Waals surface area contributed by atoms with Crippen LogP contribution >= 0.6 is 0 Å². The van der Waals surface area contributed by atoms with Gasteiger partial charge in [-0.05, 0) is 11.1 Å². The fraction of sp³-hybridized carbons (Fsp3) is 0. The van der Waals surface area contributed by atoms with Crippen molar-refractivity contribution in [3.63, 3.8) is 0 Å². The summed E-state index contributed by atoms with van der Waals surface area (Å²) < 4.78 is 0. The molecule has 0 heterocycles. The molecule has 19 heavy (non-hydrogen) atoms. The largest absolute Gasteiger partial charge is 0.545 e. The summed E-state index contributed by atoms with van der Waals surface area (Å²) in [6.45, 7) is 0. The van der Waals surface area contributed by atoms with Crippen LogP contribution in [0.2, 0.25) is 0 Å². The van der Waals surface area contributed by atoms with Crippen molar-refractivity contribution in [1.29, 1.82) is 0 Å². The van der Waals surface area contributed by atoms with Crippen molar-refractivity contribution in [3.05, 3.63) is 71.8 Å². The summed E-state index contributed by atoms with van der Waals surface area (Å²) in [6.07, 6.45) is 0. The van der Waals surface area contributed by atoms with Gasteiger partial charge in [-0.1, -0.05) is 60.7 Å². The molecule has 5 heteroatoms. The van der Waals surface area contributed by atoms with E-state index < -0.39 is 11.9 Å². The van der Waals surface area contributed by atoms with Gasteiger partial charge in [-0.25, -0.2) is 0 Å². The molecule has 0 aliphatic heterocycles. The van der Waals surface area contributed by atoms with Gasteiger partial charge >= 0.3 is 0 Å². The number of carboxylic acid groups (broad SMARTS) is 2. The molecule has 2 aromatic carbocycles. The van der Waals surface area contributed by atoms with Crippen LogP contribution in [0, 0.1) is 0 Å². The molecular formula is C14H10O4Pb-2. The number of carboxylic acids is 2. The second-order valence-corrected chi connectivity index (χ2v) is 3.31. The molecule has 4 nitrogen and oxygen atoms in total. The Hall–Kier alpha value is -1.70. The van der Waals surface area contributed by atoms with Gasteiger partial charge in [-0.3, -0.25) is 0 Å². The predicted molar refractivity (Wildman–Crippen MR) is 67.3 cm³/mol. The number of aromatic carboxylic acids is 2. The Morgan fingerprint density at radius 1 is 0.632 bits per heavy atom. The Morgan fingerprint density at radius 3 is 1.05 bits per heavy atom. The number of hydrogen-bond donors (Lipinski definition) is 0. The first kappa shape index (κ1) is 17.3. The average Bonchev–Trinajstić information content (AvgIpc) is 2.41. The molecule has 0 N–H and O–H groups in total. The van der Waals surface area contributed by atoms with Crippen molar-refractivity contribution in [1.82, 2.24) is 0 Å². The van der Waals surface area contributed by atoms with Gasteiger partial charge in [0.15, 0.2) is 0 Å². The van der Waals surface area contributed by atoms with Crippen molar-refractivity contribution in [3.8, 4) is 0 Å². The van der Waals surface area contributed by atoms with Crippen LogP contribution in [0.1, 0.15) is 20.7 Å². The minimum atomic E-state index is -1.13. The Morgan fingerprint density at radius 2 is 0.895 bits per heavy atom. The number of carbonyl (C=O) groups is 2. The van der Waals surface area contributed by atoms with Gasteiger partial charge in [-0.2, -0.15) is 0 Å². The Balaban J connectivity index is 0.000000324. The second-order valence-electron chi connectivity index (χ2n) is 3.31. The monoisotopic (exact) mass is 450 g/mol. The molecule has 0 fully saturated rings. The van der Waals surface area contributed by atoms with Crippen LogP contribution in [-0.2, 0) is 0 Å². The summed E-state index contributed by atoms with van der Waals surface area (Å²) in [5.41, 5.74) is 0.440. The van der Waals surface area contributed by atoms with E-state index in [0.29, 0.717) is 0 Å². The van der Waals surface area contributed by atoms with Crippen molar-refractivity contribution in [2.75, 3.05) is 0 Å². The standard InChI is InChI=1S/2C7H6O2.Pb/c2*8-7(9)6-4-2-1-3-5-6;/h2*1-5H,(H,8,9);/p-2. The topological polar surface area (TPSA) is 80.3 Å². The van der Waals surface area contributed by atoms with Crippen LogP contribution in [-0.4, -0.2) is 39.2 Å². The minimum Gasteiger partial charge on any atom is -0.545 e. The predicted octanol–water partition coefficient (Wildman–Crippen LogP) is -0.281. The van der Waals surface area contributed by atoms with Gasteiger partial charge in [-0.15, -0.1) is 0 Å². The summed E-state index contributed by atoms with van der Waals surface area (Å²) in [4.78, 5) is 20.2. The van der Waals surface area contributed by atoms with Crippen LogP contribution in [0.25, 0.3) is 0 Å². The smallest absolute Gasteiger partial charge is 0.0715 e. The van der Waals surface area contributed by atoms with E-state index in [0.717, 1.165) is 0 Å². The van der Waals surface area contributed by atoms with Crippen LogP contribution in [0.4, 0.5) is 0 Å². The number of hydrogen-bond acceptors (Lipinski definition) is 4. The van der Waals surface area contributed by atoms with Crippen molar-refractivity contribution >= 4 is 39.2 Å². The molecule has 0 spiro atoms. The molecule has 0 saturated carbocycles. The van der Waals surface area contributed by atoms with Gasteiger partial charge in [0, 0.05) is 27.3 Å². The molecular weight excluding hydrogens is 439 g/mol. The van der Waals surface area contributed by atoms with Crippen LogP contribution in [0.5, 0.6) is 0 Å². The average molecular weight is 449 g/mol. The zero-order valence-electron chi connectivity index (χ0n) is 9.91. The molecule has 0 bridgehead atoms. The van der Waals surface area contributed by atoms with Crippen molar-refractivity contribution < 1.29 is 19.8 Å². The summed E-state index contributed by atoms with van der Waals surface area (Å²) in [5, 5.41) is 20.2. The molecule has 0 aliphatic carbocycles. The minimum absolute atomic E-state index is 0. The van der Waals surface area contributed by atoms with E-state index in [9.17, 15) is 19.8 Å². The maximum atomic E-state index is 10.1. The fourth-order valence-electron chi connectivity index (χ4n) is 1.15. The van der Waals surface area contributed by atoms with E-state index in [1.165, 1.54) is 24.3 Å². The van der Waals surface area contributed by atoms with E-state index in [1.807, 2.05) is 0 Å². The third kappa shape index (κ3) is 6.70. The van der Waals surface area contributed by atoms with Crippen LogP contribution in [0.3, 0.4) is 0 Å². The summed E-state index contributed by atoms with van der Waals surface area (Å²) >= 11 is 0. The number of benzene rings is 2. The number of rotatable bonds is 2. The van der Waals surface area contributed by atoms with E-state index in [1.54, 1.807) is 36.4 Å². The summed E-state index contributed by atoms with van der Waals surface area (Å²) in [6, 6.07) is 16.1. The SMILES string of the molecule is O=C([O-])c1ccccc1.O=C([O-])c1ccccc1.[Pb]. The van der Waals surface area contributed by atoms with E-state index in [-0.39, 0.29) is 38.4 Å². The van der Waals surface area contributed by atoms with Crippen LogP contribution < -0.4 is 10.2 Å². The molecule has 2 aromatic rings. The van der Waals surface area contributed by atoms with E-state index in [4.69, 9.17) is 0 Å². The molecule has 96 valence electrons. The molecule has 0 aliphatic rings. The number of carbonyl (C=O) groups excluding carboxylic acids is 2. The Labute approximate surface area is 130 Å². The summed E-state index contributed by atoms with van der Waals surface area (Å²) in [5.74, 6) is -2.26. The Bertz CT molecular complexity index is 462. The second kappa shape index (κ2) is 9.26. The first-order valence-electron chi connectivity index (χ1n) is 5.14. The normalized spacial score (nSPS) is 8.42. The molecule has 4 radical (unpaired) electrons. The zero-order valence-corrected chi connectivity index (χ0v) is 13.8. The molecule has 0 unspecified atom stereocenters. The summed E-state index contributed by atoms with van der Waals surface area (Å²) in [7, 11) is 0. The van der Waals surface area contributed by atoms with E-state index in [2.05, 4.69) is 0 Å². The van der Waals surface area contributed by atoms with Gasteiger partial charge in [0.05, 0.1) is 11.9 Å². The molecule has 0 aromatic heterocycles. The Kier molecular flexibility index (Phi) is 8.43. The maximum absolute atomic E-state index is 10.1. The van der Waals surface area contributed by atoms with Gasteiger partial charge < -0.3 is 19.8 Å². The van der Waals surface area contributed by atoms with E-state index >= 15 is 0 Å². The van der Waals surface area contributed by atoms with Crippen molar-refractivity contribution in [2.24, 2.45) is 0 Å². The third-order valence-corrected chi connectivity index (χ3v) is 2.02. The fourth-order valence-corrected chi connectivity index (χ4v) is 1.15. The van der Waals surface area contributed by atoms with Gasteiger partial charge in [0.2, 0.25) is 0 Å². The maximum Gasteiger partial charge on any atom is 0.0715 e. The van der Waals surface area contributed by atoms with Gasteiger partial charge in [0.1, 0.15) is 0 Å². The molecule has 0 amide bonds. The van der Waals surface area contributed by atoms with Crippen molar-refractivity contribution in [2.45, 2.75) is 0 Å². The van der Waals surface area contributed by atoms with Gasteiger partial charge in [0.25, 0.3) is 0 Å². The molecule has 0 atom stereocenters. The first-order chi connectivity index (χ1) is 8.61. The third-order valence-electron chi connectivity index (χ3n) is 2.02. The quantitative estimate of drug-likeness (QED) is 0.591. The molecule has 0 saturated heterocycles. The van der Waals surface area contributed by atoms with Crippen LogP contribution in [0.15, 0.2) is 60.7 Å².